The van der Waals surface area contributed by atoms with Crippen LogP contribution in [0.4, 0.5) is 4.79 Å². The molecular weight excluding hydrogens is 286 g/mol. The van der Waals surface area contributed by atoms with E-state index in [0.29, 0.717) is 0 Å². The van der Waals surface area contributed by atoms with Crippen molar-refractivity contribution in [1.82, 2.24) is 5.32 Å². The molecule has 1 saturated carbocycles. The molecule has 0 heterocycles. The summed E-state index contributed by atoms with van der Waals surface area (Å²) < 4.78 is 6.79. The minimum Gasteiger partial charge on any atom is -0.488 e. The Hall–Kier alpha value is -1.23. The van der Waals surface area contributed by atoms with Crippen molar-refractivity contribution in [3.05, 3.63) is 28.7 Å². The van der Waals surface area contributed by atoms with Crippen molar-refractivity contribution >= 4 is 22.0 Å². The highest BCUT2D eigenvalue weighted by molar-refractivity contribution is 9.10. The SMILES string of the molecule is O=C(O)N[C@@H]1CCC[C@@H]1Oc1ccc(Br)cc1. The van der Waals surface area contributed by atoms with Gasteiger partial charge in [-0.2, -0.15) is 0 Å². The number of rotatable bonds is 3. The van der Waals surface area contributed by atoms with Crippen LogP contribution in [0.1, 0.15) is 19.3 Å². The normalized spacial score (nSPS) is 23.4. The second-order valence-corrected chi connectivity index (χ2v) is 5.01. The molecule has 0 aromatic heterocycles. The fourth-order valence-electron chi connectivity index (χ4n) is 2.08. The summed E-state index contributed by atoms with van der Waals surface area (Å²) in [5.74, 6) is 0.775. The molecule has 0 saturated heterocycles. The number of carbonyl (C=O) groups is 1. The van der Waals surface area contributed by atoms with Gasteiger partial charge in [-0.15, -0.1) is 0 Å². The van der Waals surface area contributed by atoms with E-state index in [2.05, 4.69) is 21.2 Å². The van der Waals surface area contributed by atoms with Gasteiger partial charge < -0.3 is 15.2 Å². The lowest BCUT2D eigenvalue weighted by Gasteiger charge is -2.21. The van der Waals surface area contributed by atoms with Crippen LogP contribution in [-0.4, -0.2) is 23.3 Å². The average molecular weight is 300 g/mol. The van der Waals surface area contributed by atoms with Crippen LogP contribution < -0.4 is 10.1 Å². The Morgan fingerprint density at radius 2 is 2.06 bits per heavy atom. The van der Waals surface area contributed by atoms with E-state index in [-0.39, 0.29) is 12.1 Å². The highest BCUT2D eigenvalue weighted by atomic mass is 79.9. The molecule has 0 radical (unpaired) electrons. The summed E-state index contributed by atoms with van der Waals surface area (Å²) in [6.07, 6.45) is 1.68. The first-order valence-electron chi connectivity index (χ1n) is 5.57. The van der Waals surface area contributed by atoms with Gasteiger partial charge >= 0.3 is 6.09 Å². The molecule has 4 nitrogen and oxygen atoms in total. The first-order valence-corrected chi connectivity index (χ1v) is 6.36. The fourth-order valence-corrected chi connectivity index (χ4v) is 2.34. The Kier molecular flexibility index (Phi) is 3.89. The summed E-state index contributed by atoms with van der Waals surface area (Å²) in [5.41, 5.74) is 0. The van der Waals surface area contributed by atoms with Crippen molar-refractivity contribution in [3.8, 4) is 5.75 Å². The number of hydrogen-bond donors (Lipinski definition) is 2. The molecule has 92 valence electrons. The van der Waals surface area contributed by atoms with Gasteiger partial charge in [-0.1, -0.05) is 15.9 Å². The highest BCUT2D eigenvalue weighted by Crippen LogP contribution is 2.25. The number of amides is 1. The van der Waals surface area contributed by atoms with Gasteiger partial charge in [0.25, 0.3) is 0 Å². The molecule has 2 rings (SSSR count). The predicted molar refractivity (Wildman–Crippen MR) is 67.4 cm³/mol. The smallest absolute Gasteiger partial charge is 0.405 e. The number of nitrogens with one attached hydrogen (secondary N) is 1. The predicted octanol–water partition coefficient (Wildman–Crippen LogP) is 3.02. The van der Waals surface area contributed by atoms with Crippen LogP contribution in [0.25, 0.3) is 0 Å². The third kappa shape index (κ3) is 3.36. The molecule has 1 aliphatic rings. The van der Waals surface area contributed by atoms with E-state index < -0.39 is 6.09 Å². The van der Waals surface area contributed by atoms with Crippen LogP contribution in [0.2, 0.25) is 0 Å². The molecule has 1 fully saturated rings. The summed E-state index contributed by atoms with van der Waals surface area (Å²) >= 11 is 3.36. The van der Waals surface area contributed by atoms with Crippen molar-refractivity contribution in [2.24, 2.45) is 0 Å². The molecule has 5 heteroatoms. The zero-order valence-corrected chi connectivity index (χ0v) is 10.8. The standard InChI is InChI=1S/C12H14BrNO3/c13-8-4-6-9(7-5-8)17-11-3-1-2-10(11)14-12(15)16/h4-7,10-11,14H,1-3H2,(H,15,16)/t10-,11+/m1/s1. The molecule has 0 aliphatic heterocycles. The summed E-state index contributed by atoms with van der Waals surface area (Å²) in [5, 5.41) is 11.2. The Balaban J connectivity index is 1.97. The lowest BCUT2D eigenvalue weighted by Crippen LogP contribution is -2.41. The Morgan fingerprint density at radius 3 is 2.71 bits per heavy atom. The minimum atomic E-state index is -0.985. The van der Waals surface area contributed by atoms with Gasteiger partial charge in [-0.05, 0) is 43.5 Å². The molecule has 1 aliphatic carbocycles. The molecule has 1 aromatic carbocycles. The molecule has 2 N–H and O–H groups in total. The summed E-state index contributed by atoms with van der Waals surface area (Å²) in [6.45, 7) is 0. The van der Waals surface area contributed by atoms with Crippen LogP contribution in [-0.2, 0) is 0 Å². The largest absolute Gasteiger partial charge is 0.488 e. The minimum absolute atomic E-state index is 0.0627. The van der Waals surface area contributed by atoms with Gasteiger partial charge in [0.2, 0.25) is 0 Å². The number of benzene rings is 1. The fraction of sp³-hybridized carbons (Fsp3) is 0.417. The van der Waals surface area contributed by atoms with Gasteiger partial charge in [-0.3, -0.25) is 0 Å². The van der Waals surface area contributed by atoms with E-state index in [4.69, 9.17) is 9.84 Å². The lowest BCUT2D eigenvalue weighted by molar-refractivity contribution is 0.155. The third-order valence-electron chi connectivity index (χ3n) is 2.86. The van der Waals surface area contributed by atoms with Crippen LogP contribution in [0.5, 0.6) is 5.75 Å². The van der Waals surface area contributed by atoms with E-state index in [1.807, 2.05) is 24.3 Å². The molecule has 1 amide bonds. The molecule has 0 bridgehead atoms. The summed E-state index contributed by atoms with van der Waals surface area (Å²) in [6, 6.07) is 7.46. The van der Waals surface area contributed by atoms with E-state index in [0.717, 1.165) is 29.5 Å². The maximum absolute atomic E-state index is 10.6. The molecule has 17 heavy (non-hydrogen) atoms. The first kappa shape index (κ1) is 12.2. The average Bonchev–Trinajstić information content (AvgIpc) is 2.68. The summed E-state index contributed by atoms with van der Waals surface area (Å²) in [4.78, 5) is 10.6. The van der Waals surface area contributed by atoms with Crippen molar-refractivity contribution in [1.29, 1.82) is 0 Å². The third-order valence-corrected chi connectivity index (χ3v) is 3.39. The maximum atomic E-state index is 10.6. The van der Waals surface area contributed by atoms with Crippen molar-refractivity contribution < 1.29 is 14.6 Å². The van der Waals surface area contributed by atoms with E-state index >= 15 is 0 Å². The molecular formula is C12H14BrNO3. The molecule has 0 unspecified atom stereocenters. The van der Waals surface area contributed by atoms with Gasteiger partial charge in [0.1, 0.15) is 11.9 Å². The Morgan fingerprint density at radius 1 is 1.35 bits per heavy atom. The topological polar surface area (TPSA) is 58.6 Å². The molecule has 2 atom stereocenters. The van der Waals surface area contributed by atoms with Gasteiger partial charge in [0.15, 0.2) is 0 Å². The van der Waals surface area contributed by atoms with Crippen molar-refractivity contribution in [2.75, 3.05) is 0 Å². The van der Waals surface area contributed by atoms with Crippen LogP contribution in [0, 0.1) is 0 Å². The van der Waals surface area contributed by atoms with E-state index in [1.165, 1.54) is 0 Å². The van der Waals surface area contributed by atoms with Crippen LogP contribution >= 0.6 is 15.9 Å². The van der Waals surface area contributed by atoms with Crippen molar-refractivity contribution in [3.63, 3.8) is 0 Å². The van der Waals surface area contributed by atoms with Crippen LogP contribution in [0.15, 0.2) is 28.7 Å². The second-order valence-electron chi connectivity index (χ2n) is 4.10. The highest BCUT2D eigenvalue weighted by Gasteiger charge is 2.30. The van der Waals surface area contributed by atoms with Gasteiger partial charge in [-0.25, -0.2) is 4.79 Å². The number of halogens is 1. The second kappa shape index (κ2) is 5.40. The monoisotopic (exact) mass is 299 g/mol. The van der Waals surface area contributed by atoms with Crippen LogP contribution in [0.3, 0.4) is 0 Å². The van der Waals surface area contributed by atoms with Gasteiger partial charge in [0, 0.05) is 4.47 Å². The molecule has 0 spiro atoms. The molecule has 1 aromatic rings. The lowest BCUT2D eigenvalue weighted by atomic mass is 10.2. The van der Waals surface area contributed by atoms with Crippen molar-refractivity contribution in [2.45, 2.75) is 31.4 Å². The Bertz CT molecular complexity index is 393. The quantitative estimate of drug-likeness (QED) is 0.902. The van der Waals surface area contributed by atoms with E-state index in [9.17, 15) is 4.79 Å². The zero-order chi connectivity index (χ0) is 12.3. The number of carboxylic acid groups (broad SMARTS) is 1. The Labute approximate surface area is 108 Å². The van der Waals surface area contributed by atoms with Gasteiger partial charge in [0.05, 0.1) is 6.04 Å². The first-order chi connectivity index (χ1) is 8.15. The number of ether oxygens (including phenoxy) is 1. The number of hydrogen-bond acceptors (Lipinski definition) is 2. The maximum Gasteiger partial charge on any atom is 0.405 e. The summed E-state index contributed by atoms with van der Waals surface area (Å²) in [7, 11) is 0. The zero-order valence-electron chi connectivity index (χ0n) is 9.23. The van der Waals surface area contributed by atoms with E-state index in [1.54, 1.807) is 0 Å².